The highest BCUT2D eigenvalue weighted by molar-refractivity contribution is 6.30. The molecule has 1 heterocycles. The summed E-state index contributed by atoms with van der Waals surface area (Å²) in [5.74, 6) is -0.446. The summed E-state index contributed by atoms with van der Waals surface area (Å²) in [4.78, 5) is 12.9. The highest BCUT2D eigenvalue weighted by Gasteiger charge is 2.17. The maximum Gasteiger partial charge on any atom is 0.266 e. The minimum Gasteiger partial charge on any atom is -0.340 e. The number of hydrogen-bond acceptors (Lipinski definition) is 2. The van der Waals surface area contributed by atoms with E-state index < -0.39 is 5.91 Å². The molecule has 4 rings (SSSR count). The molecule has 0 fully saturated rings. The van der Waals surface area contributed by atoms with Gasteiger partial charge in [-0.3, -0.25) is 4.79 Å². The fraction of sp³-hybridized carbons (Fsp3) is 0.143. The van der Waals surface area contributed by atoms with Gasteiger partial charge in [0.1, 0.15) is 11.6 Å². The number of para-hydroxylation sites is 1. The fourth-order valence-electron chi connectivity index (χ4n) is 4.09. The maximum atomic E-state index is 12.9. The molecular weight excluding hydrogens is 430 g/mol. The first kappa shape index (κ1) is 22.4. The first-order valence-electron chi connectivity index (χ1n) is 10.7. The topological polar surface area (TPSA) is 57.8 Å². The van der Waals surface area contributed by atoms with E-state index in [1.54, 1.807) is 24.3 Å². The van der Waals surface area contributed by atoms with E-state index in [-0.39, 0.29) is 5.57 Å². The van der Waals surface area contributed by atoms with E-state index in [1.165, 1.54) is 11.1 Å². The Labute approximate surface area is 198 Å². The lowest BCUT2D eigenvalue weighted by atomic mass is 10.1. The second kappa shape index (κ2) is 9.36. The van der Waals surface area contributed by atoms with Crippen molar-refractivity contribution in [1.82, 2.24) is 4.57 Å². The van der Waals surface area contributed by atoms with Crippen molar-refractivity contribution in [2.24, 2.45) is 0 Å². The van der Waals surface area contributed by atoms with Gasteiger partial charge in [-0.1, -0.05) is 59.6 Å². The molecule has 0 saturated heterocycles. The average Bonchev–Trinajstić information content (AvgIpc) is 3.05. The van der Waals surface area contributed by atoms with E-state index in [0.29, 0.717) is 17.3 Å². The molecule has 0 aliphatic carbocycles. The summed E-state index contributed by atoms with van der Waals surface area (Å²) in [6, 6.07) is 23.8. The molecule has 3 aromatic carbocycles. The van der Waals surface area contributed by atoms with E-state index in [0.717, 1.165) is 27.7 Å². The molecule has 0 spiro atoms. The number of nitrogens with one attached hydrogen (secondary N) is 1. The van der Waals surface area contributed by atoms with Gasteiger partial charge in [-0.05, 0) is 62.2 Å². The Morgan fingerprint density at radius 3 is 2.58 bits per heavy atom. The molecule has 0 radical (unpaired) electrons. The van der Waals surface area contributed by atoms with Crippen molar-refractivity contribution in [3.63, 3.8) is 0 Å². The molecule has 4 nitrogen and oxygen atoms in total. The van der Waals surface area contributed by atoms with Crippen LogP contribution in [0.15, 0.2) is 72.3 Å². The lowest BCUT2D eigenvalue weighted by Gasteiger charge is -2.10. The monoisotopic (exact) mass is 453 g/mol. The van der Waals surface area contributed by atoms with Gasteiger partial charge in [0, 0.05) is 39.4 Å². The van der Waals surface area contributed by atoms with Crippen LogP contribution in [0.1, 0.15) is 27.9 Å². The predicted molar refractivity (Wildman–Crippen MR) is 135 cm³/mol. The second-order valence-electron chi connectivity index (χ2n) is 8.17. The molecule has 33 heavy (non-hydrogen) atoms. The second-order valence-corrected chi connectivity index (χ2v) is 8.61. The predicted octanol–water partition coefficient (Wildman–Crippen LogP) is 6.81. The average molecular weight is 454 g/mol. The Kier molecular flexibility index (Phi) is 6.35. The summed E-state index contributed by atoms with van der Waals surface area (Å²) in [6.07, 6.45) is 1.69. The number of rotatable bonds is 5. The number of anilines is 1. The molecule has 5 heteroatoms. The summed E-state index contributed by atoms with van der Waals surface area (Å²) in [6.45, 7) is 6.68. The fourth-order valence-corrected chi connectivity index (χ4v) is 4.31. The Balaban J connectivity index is 1.74. The standard InChI is InChI=1S/C28H24ClN3O/c1-18-7-6-8-21(13-18)17-32-20(3)25(24-9-4-5-10-27(24)32)15-22(16-30)28(33)31-26-12-11-23(29)14-19(26)2/h4-15H,17H2,1-3H3,(H,31,33)/b22-15+. The van der Waals surface area contributed by atoms with Crippen LogP contribution >= 0.6 is 11.6 Å². The van der Waals surface area contributed by atoms with Crippen molar-refractivity contribution in [2.45, 2.75) is 27.3 Å². The molecule has 1 amide bonds. The van der Waals surface area contributed by atoms with Crippen molar-refractivity contribution in [3.05, 3.63) is 105 Å². The van der Waals surface area contributed by atoms with Crippen LogP contribution in [0.3, 0.4) is 0 Å². The molecule has 0 aliphatic heterocycles. The smallest absolute Gasteiger partial charge is 0.266 e. The van der Waals surface area contributed by atoms with Crippen LogP contribution in [0, 0.1) is 32.1 Å². The molecular formula is C28H24ClN3O. The van der Waals surface area contributed by atoms with Crippen molar-refractivity contribution >= 4 is 40.2 Å². The first-order valence-corrected chi connectivity index (χ1v) is 11.1. The number of carbonyl (C=O) groups is 1. The van der Waals surface area contributed by atoms with Crippen LogP contribution in [0.5, 0.6) is 0 Å². The summed E-state index contributed by atoms with van der Waals surface area (Å²) in [7, 11) is 0. The maximum absolute atomic E-state index is 12.9. The van der Waals surface area contributed by atoms with Crippen LogP contribution in [0.25, 0.3) is 17.0 Å². The number of nitriles is 1. The number of benzene rings is 3. The molecule has 1 N–H and O–H groups in total. The Bertz CT molecular complexity index is 1440. The van der Waals surface area contributed by atoms with E-state index in [2.05, 4.69) is 53.2 Å². The van der Waals surface area contributed by atoms with Gasteiger partial charge in [0.15, 0.2) is 0 Å². The zero-order valence-corrected chi connectivity index (χ0v) is 19.6. The number of halogens is 1. The molecule has 4 aromatic rings. The van der Waals surface area contributed by atoms with E-state index in [4.69, 9.17) is 11.6 Å². The van der Waals surface area contributed by atoms with Gasteiger partial charge >= 0.3 is 0 Å². The highest BCUT2D eigenvalue weighted by atomic mass is 35.5. The molecule has 0 bridgehead atoms. The zero-order chi connectivity index (χ0) is 23.5. The minimum absolute atomic E-state index is 0.0471. The lowest BCUT2D eigenvalue weighted by molar-refractivity contribution is -0.112. The molecule has 0 unspecified atom stereocenters. The molecule has 0 saturated carbocycles. The number of amides is 1. The molecule has 164 valence electrons. The van der Waals surface area contributed by atoms with Gasteiger partial charge in [-0.15, -0.1) is 0 Å². The summed E-state index contributed by atoms with van der Waals surface area (Å²) < 4.78 is 2.23. The number of fused-ring (bicyclic) bond motifs is 1. The van der Waals surface area contributed by atoms with Crippen molar-refractivity contribution in [3.8, 4) is 6.07 Å². The number of hydrogen-bond donors (Lipinski definition) is 1. The summed E-state index contributed by atoms with van der Waals surface area (Å²) in [5, 5.41) is 14.2. The van der Waals surface area contributed by atoms with Crippen LogP contribution in [0.2, 0.25) is 5.02 Å². The van der Waals surface area contributed by atoms with E-state index in [1.807, 2.05) is 32.0 Å². The SMILES string of the molecule is Cc1cccc(Cn2c(C)c(/C=C(\C#N)C(=O)Nc3ccc(Cl)cc3C)c3ccccc32)c1. The van der Waals surface area contributed by atoms with Gasteiger partial charge in [0.25, 0.3) is 5.91 Å². The van der Waals surface area contributed by atoms with Gasteiger partial charge in [0.2, 0.25) is 0 Å². The Morgan fingerprint density at radius 1 is 1.06 bits per heavy atom. The number of carbonyl (C=O) groups excluding carboxylic acids is 1. The molecule has 1 aromatic heterocycles. The lowest BCUT2D eigenvalue weighted by Crippen LogP contribution is -2.14. The highest BCUT2D eigenvalue weighted by Crippen LogP contribution is 2.29. The third-order valence-corrected chi connectivity index (χ3v) is 6.03. The third kappa shape index (κ3) is 4.69. The van der Waals surface area contributed by atoms with Crippen LogP contribution in [-0.2, 0) is 11.3 Å². The zero-order valence-electron chi connectivity index (χ0n) is 18.8. The van der Waals surface area contributed by atoms with Crippen LogP contribution in [-0.4, -0.2) is 10.5 Å². The quantitative estimate of drug-likeness (QED) is 0.266. The van der Waals surface area contributed by atoms with Gasteiger partial charge in [0.05, 0.1) is 0 Å². The van der Waals surface area contributed by atoms with Gasteiger partial charge in [-0.25, -0.2) is 0 Å². The van der Waals surface area contributed by atoms with Gasteiger partial charge in [-0.2, -0.15) is 5.26 Å². The molecule has 0 aliphatic rings. The minimum atomic E-state index is -0.446. The largest absolute Gasteiger partial charge is 0.340 e. The van der Waals surface area contributed by atoms with E-state index in [9.17, 15) is 10.1 Å². The van der Waals surface area contributed by atoms with Crippen molar-refractivity contribution < 1.29 is 4.79 Å². The van der Waals surface area contributed by atoms with Crippen molar-refractivity contribution in [1.29, 1.82) is 5.26 Å². The first-order chi connectivity index (χ1) is 15.9. The number of aromatic nitrogens is 1. The number of nitrogens with zero attached hydrogens (tertiary/aromatic N) is 2. The molecule has 0 atom stereocenters. The Hall–Kier alpha value is -3.81. The van der Waals surface area contributed by atoms with Crippen LogP contribution in [0.4, 0.5) is 5.69 Å². The van der Waals surface area contributed by atoms with Crippen LogP contribution < -0.4 is 5.32 Å². The third-order valence-electron chi connectivity index (χ3n) is 5.79. The van der Waals surface area contributed by atoms with Gasteiger partial charge < -0.3 is 9.88 Å². The normalized spacial score (nSPS) is 11.4. The number of aryl methyl sites for hydroxylation is 2. The summed E-state index contributed by atoms with van der Waals surface area (Å²) >= 11 is 6.01. The summed E-state index contributed by atoms with van der Waals surface area (Å²) in [5.41, 5.74) is 6.86. The van der Waals surface area contributed by atoms with Crippen molar-refractivity contribution in [2.75, 3.05) is 5.32 Å². The van der Waals surface area contributed by atoms with E-state index >= 15 is 0 Å². The Morgan fingerprint density at radius 2 is 1.85 bits per heavy atom.